The minimum absolute atomic E-state index is 0.0307. The number of halogens is 3. The zero-order chi connectivity index (χ0) is 22.5. The lowest BCUT2D eigenvalue weighted by molar-refractivity contribution is -0.137. The van der Waals surface area contributed by atoms with Gasteiger partial charge in [-0.15, -0.1) is 0 Å². The van der Waals surface area contributed by atoms with Gasteiger partial charge in [-0.3, -0.25) is 9.89 Å². The van der Waals surface area contributed by atoms with Gasteiger partial charge in [0.15, 0.2) is 11.5 Å². The maximum absolute atomic E-state index is 13.0. The van der Waals surface area contributed by atoms with Crippen LogP contribution in [0.5, 0.6) is 0 Å². The van der Waals surface area contributed by atoms with E-state index in [-0.39, 0.29) is 16.5 Å². The van der Waals surface area contributed by atoms with Crippen molar-refractivity contribution in [3.8, 4) is 11.3 Å². The van der Waals surface area contributed by atoms with Crippen molar-refractivity contribution in [1.29, 1.82) is 0 Å². The van der Waals surface area contributed by atoms with Crippen molar-refractivity contribution >= 4 is 17.4 Å². The van der Waals surface area contributed by atoms with Gasteiger partial charge in [-0.1, -0.05) is 32.9 Å². The molecule has 0 atom stereocenters. The van der Waals surface area contributed by atoms with Gasteiger partial charge in [0, 0.05) is 17.3 Å². The van der Waals surface area contributed by atoms with Crippen LogP contribution in [0.25, 0.3) is 16.9 Å². The Morgan fingerprint density at radius 2 is 1.73 bits per heavy atom. The van der Waals surface area contributed by atoms with Crippen LogP contribution in [0.3, 0.4) is 0 Å². The molecule has 6 nitrogen and oxygen atoms in total. The average molecular weight is 421 g/mol. The molecule has 1 aromatic carbocycles. The van der Waals surface area contributed by atoms with Crippen LogP contribution >= 0.6 is 0 Å². The first kappa shape index (κ1) is 21.7. The predicted octanol–water partition coefficient (Wildman–Crippen LogP) is 5.07. The highest BCUT2D eigenvalue weighted by atomic mass is 19.4. The molecule has 0 saturated heterocycles. The maximum Gasteiger partial charge on any atom is 0.416 e. The van der Waals surface area contributed by atoms with Gasteiger partial charge in [-0.05, 0) is 37.8 Å². The van der Waals surface area contributed by atoms with Crippen LogP contribution in [-0.2, 0) is 6.18 Å². The maximum atomic E-state index is 13.0. The molecular formula is C21H26F3N5O. The van der Waals surface area contributed by atoms with Gasteiger partial charge in [0.05, 0.1) is 5.56 Å². The number of fused-ring (bicyclic) bond motifs is 1. The number of benzene rings is 1. The molecular weight excluding hydrogens is 395 g/mol. The van der Waals surface area contributed by atoms with Crippen LogP contribution in [0.2, 0.25) is 0 Å². The van der Waals surface area contributed by atoms with Crippen molar-refractivity contribution in [2.24, 2.45) is 11.1 Å². The molecule has 3 rings (SSSR count). The monoisotopic (exact) mass is 421 g/mol. The number of alkyl halides is 3. The van der Waals surface area contributed by atoms with E-state index < -0.39 is 17.6 Å². The molecule has 2 heterocycles. The molecule has 30 heavy (non-hydrogen) atoms. The smallest absolute Gasteiger partial charge is 0.365 e. The SMILES string of the molecule is CC(C)(C)CC(C)(C)Nc1c(-c2ccc(C(F)(F)F)cc2)nc2c(C(N)=O)c[nH]n12. The third-order valence-electron chi connectivity index (χ3n) is 4.64. The highest BCUT2D eigenvalue weighted by Gasteiger charge is 2.31. The molecule has 9 heteroatoms. The van der Waals surface area contributed by atoms with E-state index in [4.69, 9.17) is 5.73 Å². The number of aromatic amines is 1. The van der Waals surface area contributed by atoms with Crippen LogP contribution in [0.15, 0.2) is 30.5 Å². The highest BCUT2D eigenvalue weighted by molar-refractivity contribution is 5.99. The molecule has 0 aliphatic carbocycles. The van der Waals surface area contributed by atoms with Crippen molar-refractivity contribution in [2.75, 3.05) is 5.32 Å². The van der Waals surface area contributed by atoms with E-state index in [9.17, 15) is 18.0 Å². The molecule has 2 aromatic heterocycles. The molecule has 0 fully saturated rings. The normalized spacial score (nSPS) is 13.1. The minimum atomic E-state index is -4.42. The molecule has 162 valence electrons. The lowest BCUT2D eigenvalue weighted by Gasteiger charge is -2.34. The summed E-state index contributed by atoms with van der Waals surface area (Å²) in [6, 6.07) is 4.78. The number of nitrogens with two attached hydrogens (primary N) is 1. The third-order valence-corrected chi connectivity index (χ3v) is 4.64. The van der Waals surface area contributed by atoms with E-state index in [1.807, 2.05) is 13.8 Å². The number of amides is 1. The molecule has 0 bridgehead atoms. The largest absolute Gasteiger partial charge is 0.416 e. The summed E-state index contributed by atoms with van der Waals surface area (Å²) in [5.41, 5.74) is 5.80. The van der Waals surface area contributed by atoms with Crippen molar-refractivity contribution in [3.63, 3.8) is 0 Å². The number of carbonyl (C=O) groups is 1. The number of anilines is 1. The number of H-pyrrole nitrogens is 1. The number of primary amides is 1. The van der Waals surface area contributed by atoms with E-state index >= 15 is 0 Å². The summed E-state index contributed by atoms with van der Waals surface area (Å²) >= 11 is 0. The summed E-state index contributed by atoms with van der Waals surface area (Å²) in [5, 5.41) is 6.42. The highest BCUT2D eigenvalue weighted by Crippen LogP contribution is 2.36. The van der Waals surface area contributed by atoms with Crippen molar-refractivity contribution in [2.45, 2.75) is 52.8 Å². The lowest BCUT2D eigenvalue weighted by Crippen LogP contribution is -2.36. The van der Waals surface area contributed by atoms with Crippen molar-refractivity contribution < 1.29 is 18.0 Å². The third kappa shape index (κ3) is 4.44. The fourth-order valence-electron chi connectivity index (χ4n) is 3.93. The summed E-state index contributed by atoms with van der Waals surface area (Å²) < 4.78 is 40.5. The van der Waals surface area contributed by atoms with Crippen molar-refractivity contribution in [3.05, 3.63) is 41.6 Å². The van der Waals surface area contributed by atoms with E-state index in [1.165, 1.54) is 18.3 Å². The number of hydrogen-bond acceptors (Lipinski definition) is 3. The van der Waals surface area contributed by atoms with Crippen LogP contribution in [0, 0.1) is 5.41 Å². The molecule has 4 N–H and O–H groups in total. The van der Waals surface area contributed by atoms with E-state index in [1.54, 1.807) is 4.52 Å². The van der Waals surface area contributed by atoms with E-state index in [0.29, 0.717) is 22.7 Å². The standard InChI is InChI=1S/C21H26F3N5O/c1-19(2,3)11-20(4,5)28-18-15(12-6-8-13(9-7-12)21(22,23)24)27-17-14(16(25)30)10-26-29(17)18/h6-10,26,28H,11H2,1-5H3,(H2,25,30). The van der Waals surface area contributed by atoms with Gasteiger partial charge >= 0.3 is 6.18 Å². The Labute approximate surface area is 172 Å². The second kappa shape index (κ2) is 7.07. The first-order valence-corrected chi connectivity index (χ1v) is 9.53. The Hall–Kier alpha value is -2.97. The van der Waals surface area contributed by atoms with Crippen LogP contribution in [0.1, 0.15) is 57.0 Å². The van der Waals surface area contributed by atoms with Gasteiger partial charge in [-0.25, -0.2) is 9.50 Å². The molecule has 1 amide bonds. The second-order valence-corrected chi connectivity index (χ2v) is 9.34. The summed E-state index contributed by atoms with van der Waals surface area (Å²) in [6.45, 7) is 10.4. The van der Waals surface area contributed by atoms with Crippen LogP contribution < -0.4 is 11.1 Å². The number of nitrogens with one attached hydrogen (secondary N) is 2. The number of carbonyl (C=O) groups excluding carboxylic acids is 1. The quantitative estimate of drug-likeness (QED) is 0.537. The average Bonchev–Trinajstić information content (AvgIpc) is 3.12. The number of nitrogens with zero attached hydrogens (tertiary/aromatic N) is 2. The summed E-state index contributed by atoms with van der Waals surface area (Å²) in [6.07, 6.45) is -2.15. The Bertz CT molecular complexity index is 1070. The van der Waals surface area contributed by atoms with Crippen LogP contribution in [-0.4, -0.2) is 26.0 Å². The zero-order valence-corrected chi connectivity index (χ0v) is 17.6. The van der Waals surface area contributed by atoms with E-state index in [0.717, 1.165) is 18.6 Å². The van der Waals surface area contributed by atoms with Crippen LogP contribution in [0.4, 0.5) is 19.0 Å². The molecule has 0 saturated carbocycles. The summed E-state index contributed by atoms with van der Waals surface area (Å²) in [7, 11) is 0. The molecule has 0 unspecified atom stereocenters. The molecule has 3 aromatic rings. The fourth-order valence-corrected chi connectivity index (χ4v) is 3.93. The summed E-state index contributed by atoms with van der Waals surface area (Å²) in [5.74, 6) is -0.0998. The number of aromatic nitrogens is 3. The molecule has 0 spiro atoms. The predicted molar refractivity (Wildman–Crippen MR) is 110 cm³/mol. The summed E-state index contributed by atoms with van der Waals surface area (Å²) in [4.78, 5) is 16.3. The first-order chi connectivity index (χ1) is 13.7. The van der Waals surface area contributed by atoms with Gasteiger partial charge < -0.3 is 11.1 Å². The second-order valence-electron chi connectivity index (χ2n) is 9.34. The Kier molecular flexibility index (Phi) is 5.12. The first-order valence-electron chi connectivity index (χ1n) is 9.53. The molecule has 0 aliphatic heterocycles. The van der Waals surface area contributed by atoms with Gasteiger partial charge in [0.25, 0.3) is 5.91 Å². The topological polar surface area (TPSA) is 88.2 Å². The zero-order valence-electron chi connectivity index (χ0n) is 17.6. The number of rotatable bonds is 5. The number of imidazole rings is 1. The molecule has 0 radical (unpaired) electrons. The Balaban J connectivity index is 2.13. The van der Waals surface area contributed by atoms with Gasteiger partial charge in [-0.2, -0.15) is 13.2 Å². The number of hydrogen-bond donors (Lipinski definition) is 3. The Morgan fingerprint density at radius 1 is 1.13 bits per heavy atom. The molecule has 0 aliphatic rings. The van der Waals surface area contributed by atoms with Gasteiger partial charge in [0.1, 0.15) is 11.3 Å². The van der Waals surface area contributed by atoms with Gasteiger partial charge in [0.2, 0.25) is 0 Å². The Morgan fingerprint density at radius 3 is 2.23 bits per heavy atom. The van der Waals surface area contributed by atoms with E-state index in [2.05, 4.69) is 36.2 Å². The van der Waals surface area contributed by atoms with Crippen molar-refractivity contribution in [1.82, 2.24) is 14.6 Å². The lowest BCUT2D eigenvalue weighted by atomic mass is 9.82. The fraction of sp³-hybridized carbons (Fsp3) is 0.429. The minimum Gasteiger partial charge on any atom is -0.365 e.